The predicted octanol–water partition coefficient (Wildman–Crippen LogP) is 1.51. The highest BCUT2D eigenvalue weighted by Gasteiger charge is 2.56. The van der Waals surface area contributed by atoms with Gasteiger partial charge in [0.25, 0.3) is 0 Å². The summed E-state index contributed by atoms with van der Waals surface area (Å²) in [6, 6.07) is 0. The van der Waals surface area contributed by atoms with Crippen LogP contribution >= 0.6 is 0 Å². The van der Waals surface area contributed by atoms with E-state index < -0.39 is 53.1 Å². The lowest BCUT2D eigenvalue weighted by molar-refractivity contribution is -0.164. The zero-order valence-electron chi connectivity index (χ0n) is 11.2. The first-order valence-corrected chi connectivity index (χ1v) is 7.36. The van der Waals surface area contributed by atoms with E-state index in [1.165, 1.54) is 0 Å². The molecule has 11 heteroatoms. The van der Waals surface area contributed by atoms with Gasteiger partial charge in [-0.1, -0.05) is 0 Å². The lowest BCUT2D eigenvalue weighted by Gasteiger charge is -2.27. The van der Waals surface area contributed by atoms with Crippen molar-refractivity contribution >= 4 is 23.0 Å². The molecular formula is C11H13F4O6S-. The average molecular weight is 349 g/mol. The number of carbonyl (C=O) groups is 2. The average Bonchev–Trinajstić information content (AvgIpc) is 2.84. The number of hydrogen-bond donors (Lipinski definition) is 0. The van der Waals surface area contributed by atoms with E-state index in [-0.39, 0.29) is 25.9 Å². The number of alkyl halides is 4. The first-order chi connectivity index (χ1) is 10.1. The number of hydrogen-bond acceptors (Lipinski definition) is 6. The Morgan fingerprint density at radius 3 is 2.50 bits per heavy atom. The molecule has 2 unspecified atom stereocenters. The van der Waals surface area contributed by atoms with Crippen LogP contribution in [0.3, 0.4) is 0 Å². The van der Waals surface area contributed by atoms with Crippen LogP contribution in [0.1, 0.15) is 32.1 Å². The number of esters is 2. The van der Waals surface area contributed by atoms with Crippen LogP contribution in [0.2, 0.25) is 0 Å². The van der Waals surface area contributed by atoms with Crippen molar-refractivity contribution in [3.8, 4) is 0 Å². The SMILES string of the molecule is O=C1CCC(C(=O)OCCCCC(F)(F)C(F)(F)S(=O)[O-])O1. The summed E-state index contributed by atoms with van der Waals surface area (Å²) in [6.07, 6.45) is -2.79. The molecule has 1 saturated heterocycles. The fourth-order valence-corrected chi connectivity index (χ4v) is 2.02. The summed E-state index contributed by atoms with van der Waals surface area (Å²) < 4.78 is 80.9. The predicted molar refractivity (Wildman–Crippen MR) is 62.7 cm³/mol. The maximum atomic E-state index is 13.0. The van der Waals surface area contributed by atoms with Crippen LogP contribution in [0.5, 0.6) is 0 Å². The highest BCUT2D eigenvalue weighted by atomic mass is 32.2. The highest BCUT2D eigenvalue weighted by molar-refractivity contribution is 7.80. The van der Waals surface area contributed by atoms with Crippen molar-refractivity contribution in [2.24, 2.45) is 0 Å². The van der Waals surface area contributed by atoms with Crippen LogP contribution in [0.4, 0.5) is 17.6 Å². The Morgan fingerprint density at radius 1 is 1.36 bits per heavy atom. The fourth-order valence-electron chi connectivity index (χ4n) is 1.67. The van der Waals surface area contributed by atoms with Gasteiger partial charge in [0.05, 0.1) is 6.61 Å². The Bertz CT molecular complexity index is 456. The molecule has 0 aliphatic carbocycles. The van der Waals surface area contributed by atoms with Crippen molar-refractivity contribution in [3.63, 3.8) is 0 Å². The van der Waals surface area contributed by atoms with E-state index in [2.05, 4.69) is 9.47 Å². The zero-order valence-corrected chi connectivity index (χ0v) is 12.0. The molecule has 22 heavy (non-hydrogen) atoms. The molecule has 0 aromatic heterocycles. The molecule has 0 radical (unpaired) electrons. The van der Waals surface area contributed by atoms with E-state index in [1.54, 1.807) is 0 Å². The van der Waals surface area contributed by atoms with E-state index in [0.29, 0.717) is 0 Å². The first kappa shape index (κ1) is 18.8. The Kier molecular flexibility index (Phi) is 6.29. The fraction of sp³-hybridized carbons (Fsp3) is 0.818. The van der Waals surface area contributed by atoms with Gasteiger partial charge < -0.3 is 14.0 Å². The van der Waals surface area contributed by atoms with Gasteiger partial charge in [0.2, 0.25) is 0 Å². The summed E-state index contributed by atoms with van der Waals surface area (Å²) in [4.78, 5) is 22.1. The van der Waals surface area contributed by atoms with E-state index >= 15 is 0 Å². The van der Waals surface area contributed by atoms with Crippen LogP contribution in [-0.2, 0) is 30.1 Å². The first-order valence-electron chi connectivity index (χ1n) is 6.29. The maximum absolute atomic E-state index is 13.0. The number of halogens is 4. The molecule has 2 atom stereocenters. The third-order valence-electron chi connectivity index (χ3n) is 2.91. The van der Waals surface area contributed by atoms with Gasteiger partial charge in [0.15, 0.2) is 6.10 Å². The summed E-state index contributed by atoms with van der Waals surface area (Å²) in [5.41, 5.74) is 0. The molecule has 128 valence electrons. The molecule has 1 rings (SSSR count). The number of carbonyl (C=O) groups excluding carboxylic acids is 2. The largest absolute Gasteiger partial charge is 0.768 e. The smallest absolute Gasteiger partial charge is 0.371 e. The van der Waals surface area contributed by atoms with Crippen molar-refractivity contribution < 1.29 is 45.4 Å². The minimum atomic E-state index is -5.15. The Balaban J connectivity index is 2.26. The number of cyclic esters (lactones) is 1. The lowest BCUT2D eigenvalue weighted by atomic mass is 10.1. The second-order valence-electron chi connectivity index (χ2n) is 4.60. The monoisotopic (exact) mass is 349 g/mol. The molecule has 1 aliphatic rings. The third-order valence-corrected chi connectivity index (χ3v) is 3.63. The second-order valence-corrected chi connectivity index (χ2v) is 5.58. The number of ether oxygens (including phenoxy) is 2. The molecule has 6 nitrogen and oxygen atoms in total. The van der Waals surface area contributed by atoms with Gasteiger partial charge in [-0.2, -0.15) is 17.6 Å². The Morgan fingerprint density at radius 2 is 2.00 bits per heavy atom. The van der Waals surface area contributed by atoms with Gasteiger partial charge in [0.1, 0.15) is 0 Å². The Labute approximate surface area is 125 Å². The highest BCUT2D eigenvalue weighted by Crippen LogP contribution is 2.39. The molecule has 0 aromatic rings. The number of unbranched alkanes of at least 4 members (excludes halogenated alkanes) is 1. The van der Waals surface area contributed by atoms with Crippen molar-refractivity contribution in [3.05, 3.63) is 0 Å². The summed E-state index contributed by atoms with van der Waals surface area (Å²) in [7, 11) is 0. The van der Waals surface area contributed by atoms with Crippen molar-refractivity contribution in [2.45, 2.75) is 49.4 Å². The Hall–Kier alpha value is -1.23. The quantitative estimate of drug-likeness (QED) is 0.285. The third kappa shape index (κ3) is 4.63. The van der Waals surface area contributed by atoms with E-state index in [0.717, 1.165) is 0 Å². The van der Waals surface area contributed by atoms with Crippen LogP contribution in [0.25, 0.3) is 0 Å². The molecule has 0 amide bonds. The summed E-state index contributed by atoms with van der Waals surface area (Å²) in [5.74, 6) is -6.08. The van der Waals surface area contributed by atoms with E-state index in [1.807, 2.05) is 0 Å². The lowest BCUT2D eigenvalue weighted by Crippen LogP contribution is -2.43. The molecule has 0 aromatic carbocycles. The van der Waals surface area contributed by atoms with Gasteiger partial charge in [-0.3, -0.25) is 9.00 Å². The summed E-state index contributed by atoms with van der Waals surface area (Å²) >= 11 is -4.23. The molecule has 0 N–H and O–H groups in total. The van der Waals surface area contributed by atoms with Gasteiger partial charge in [0, 0.05) is 30.3 Å². The topological polar surface area (TPSA) is 92.7 Å². The van der Waals surface area contributed by atoms with Gasteiger partial charge in [-0.15, -0.1) is 0 Å². The van der Waals surface area contributed by atoms with Crippen LogP contribution in [-0.4, -0.2) is 44.6 Å². The summed E-state index contributed by atoms with van der Waals surface area (Å²) in [5, 5.41) is -5.15. The van der Waals surface area contributed by atoms with Crippen LogP contribution in [0.15, 0.2) is 0 Å². The molecule has 1 aliphatic heterocycles. The van der Waals surface area contributed by atoms with Crippen molar-refractivity contribution in [2.75, 3.05) is 6.61 Å². The van der Waals surface area contributed by atoms with Gasteiger partial charge in [-0.05, 0) is 12.8 Å². The van der Waals surface area contributed by atoms with Gasteiger partial charge in [-0.25, -0.2) is 4.79 Å². The van der Waals surface area contributed by atoms with E-state index in [4.69, 9.17) is 0 Å². The molecule has 0 saturated carbocycles. The number of rotatable bonds is 8. The minimum absolute atomic E-state index is 0.0768. The maximum Gasteiger partial charge on any atom is 0.371 e. The molecule has 0 spiro atoms. The normalized spacial score (nSPS) is 20.6. The molecule has 0 bridgehead atoms. The van der Waals surface area contributed by atoms with Crippen molar-refractivity contribution in [1.29, 1.82) is 0 Å². The van der Waals surface area contributed by atoms with E-state index in [9.17, 15) is 35.9 Å². The van der Waals surface area contributed by atoms with Crippen LogP contribution in [0, 0.1) is 0 Å². The zero-order chi connectivity index (χ0) is 17.0. The van der Waals surface area contributed by atoms with Crippen molar-refractivity contribution in [1.82, 2.24) is 0 Å². The minimum Gasteiger partial charge on any atom is -0.768 e. The second kappa shape index (κ2) is 7.36. The molecular weight excluding hydrogens is 336 g/mol. The standard InChI is InChI=1S/C11H14F4O6S/c12-10(13,11(14,15)22(18)19)5-1-2-6-20-9(17)7-3-4-8(16)21-7/h7H,1-6H2,(H,18,19)/p-1. The molecule has 1 fully saturated rings. The molecule has 1 heterocycles. The van der Waals surface area contributed by atoms with Gasteiger partial charge >= 0.3 is 23.1 Å². The van der Waals surface area contributed by atoms with Crippen LogP contribution < -0.4 is 0 Å². The summed E-state index contributed by atoms with van der Waals surface area (Å²) in [6.45, 7) is -0.324.